The van der Waals surface area contributed by atoms with E-state index in [1.54, 1.807) is 6.07 Å². The van der Waals surface area contributed by atoms with E-state index < -0.39 is 18.6 Å². The third-order valence-electron chi connectivity index (χ3n) is 10.9. The van der Waals surface area contributed by atoms with Gasteiger partial charge < -0.3 is 20.9 Å². The highest BCUT2D eigenvalue weighted by Crippen LogP contribution is 2.68. The van der Waals surface area contributed by atoms with Crippen molar-refractivity contribution >= 4 is 44.2 Å². The van der Waals surface area contributed by atoms with Crippen LogP contribution >= 0.6 is 11.3 Å². The van der Waals surface area contributed by atoms with E-state index >= 15 is 0 Å². The Kier molecular flexibility index (Phi) is 8.86. The fraction of sp³-hybridized carbons (Fsp3) is 0.556. The summed E-state index contributed by atoms with van der Waals surface area (Å²) < 4.78 is 41.0. The van der Waals surface area contributed by atoms with E-state index in [0.29, 0.717) is 28.1 Å². The molecule has 4 heterocycles. The maximum atomic E-state index is 13.0. The maximum Gasteiger partial charge on any atom is 0.393 e. The van der Waals surface area contributed by atoms with E-state index in [1.165, 1.54) is 17.5 Å². The topological polar surface area (TPSA) is 125 Å². The second-order valence-electron chi connectivity index (χ2n) is 14.7. The molecule has 4 fully saturated rings. The molecule has 13 heteroatoms. The van der Waals surface area contributed by atoms with Crippen LogP contribution in [0.1, 0.15) is 80.0 Å². The van der Waals surface area contributed by atoms with Crippen molar-refractivity contribution in [3.05, 3.63) is 52.3 Å². The molecule has 0 radical (unpaired) electrons. The number of piperidine rings is 1. The summed E-state index contributed by atoms with van der Waals surface area (Å²) >= 11 is 1.06. The molecule has 1 unspecified atom stereocenters. The average molecular weight is 693 g/mol. The molecule has 1 aromatic carbocycles. The van der Waals surface area contributed by atoms with Gasteiger partial charge in [-0.1, -0.05) is 25.8 Å². The van der Waals surface area contributed by atoms with E-state index in [1.807, 2.05) is 6.07 Å². The number of unbranched alkanes of at least 4 members (excludes halogenated alkanes) is 1. The second kappa shape index (κ2) is 12.9. The number of nitrogens with two attached hydrogens (primary N) is 1. The quantitative estimate of drug-likeness (QED) is 0.154. The average Bonchev–Trinajstić information content (AvgIpc) is 3.60. The van der Waals surface area contributed by atoms with E-state index in [0.717, 1.165) is 93.4 Å². The number of amides is 1. The second-order valence-corrected chi connectivity index (χ2v) is 15.8. The van der Waals surface area contributed by atoms with Crippen molar-refractivity contribution in [3.8, 4) is 6.07 Å². The van der Waals surface area contributed by atoms with Crippen LogP contribution in [0.5, 0.6) is 0 Å². The van der Waals surface area contributed by atoms with E-state index in [9.17, 15) is 23.2 Å². The lowest BCUT2D eigenvalue weighted by Gasteiger charge is -2.71. The SMILES string of the molecule is CCCCC(N)C(=O)NC12CC(Cn3c(C#N)cc4c(C)c(CN5CCC(Nc6ncnc7sc(CC(F)(F)F)cc67)CC5)ccc43)(C1)C2. The number of benzene rings is 1. The van der Waals surface area contributed by atoms with Gasteiger partial charge in [-0.25, -0.2) is 9.97 Å². The smallest absolute Gasteiger partial charge is 0.367 e. The predicted molar refractivity (Wildman–Crippen MR) is 185 cm³/mol. The van der Waals surface area contributed by atoms with Crippen LogP contribution in [0.2, 0.25) is 0 Å². The summed E-state index contributed by atoms with van der Waals surface area (Å²) in [4.78, 5) is 24.4. The third kappa shape index (κ3) is 6.75. The number of likely N-dealkylation sites (tertiary alicyclic amines) is 1. The molecule has 3 aliphatic carbocycles. The number of halogens is 3. The molecule has 3 saturated carbocycles. The van der Waals surface area contributed by atoms with Crippen molar-refractivity contribution in [2.75, 3.05) is 18.4 Å². The Morgan fingerprint density at radius 2 is 1.94 bits per heavy atom. The molecule has 4 aromatic rings. The molecule has 9 nitrogen and oxygen atoms in total. The minimum absolute atomic E-state index is 0.0403. The normalized spacial score (nSPS) is 23.2. The van der Waals surface area contributed by atoms with Crippen LogP contribution in [0.25, 0.3) is 21.1 Å². The maximum absolute atomic E-state index is 13.0. The number of hydrogen-bond donors (Lipinski definition) is 3. The van der Waals surface area contributed by atoms with Crippen LogP contribution in [-0.4, -0.2) is 62.2 Å². The largest absolute Gasteiger partial charge is 0.393 e. The number of carbonyl (C=O) groups excluding carboxylic acids is 1. The molecule has 49 heavy (non-hydrogen) atoms. The molecule has 8 rings (SSSR count). The number of aromatic nitrogens is 3. The van der Waals surface area contributed by atoms with Gasteiger partial charge in [0.05, 0.1) is 17.8 Å². The Balaban J connectivity index is 0.961. The zero-order valence-electron chi connectivity index (χ0n) is 28.0. The van der Waals surface area contributed by atoms with Gasteiger partial charge in [-0.15, -0.1) is 11.3 Å². The molecule has 260 valence electrons. The van der Waals surface area contributed by atoms with Gasteiger partial charge in [-0.05, 0) is 80.2 Å². The first-order valence-electron chi connectivity index (χ1n) is 17.3. The van der Waals surface area contributed by atoms with Gasteiger partial charge in [-0.2, -0.15) is 18.4 Å². The van der Waals surface area contributed by atoms with E-state index in [2.05, 4.69) is 62.1 Å². The third-order valence-corrected chi connectivity index (χ3v) is 11.9. The molecule has 4 aliphatic rings. The molecule has 1 atom stereocenters. The van der Waals surface area contributed by atoms with Crippen LogP contribution in [-0.2, 0) is 24.3 Å². The molecule has 3 aromatic heterocycles. The Hall–Kier alpha value is -3.73. The highest BCUT2D eigenvalue weighted by atomic mass is 32.1. The molecule has 0 spiro atoms. The molecule has 4 N–H and O–H groups in total. The highest BCUT2D eigenvalue weighted by molar-refractivity contribution is 7.18. The number of carbonyl (C=O) groups is 1. The van der Waals surface area contributed by atoms with Crippen LogP contribution in [0.15, 0.2) is 30.6 Å². The van der Waals surface area contributed by atoms with Crippen LogP contribution < -0.4 is 16.4 Å². The van der Waals surface area contributed by atoms with Gasteiger partial charge in [-0.3, -0.25) is 9.69 Å². The number of nitriles is 1. The zero-order chi connectivity index (χ0) is 34.6. The van der Waals surface area contributed by atoms with Crippen molar-refractivity contribution in [2.24, 2.45) is 11.1 Å². The Bertz CT molecular complexity index is 1900. The molecular formula is C36H43F3N8OS. The number of nitrogens with one attached hydrogen (secondary N) is 2. The monoisotopic (exact) mass is 692 g/mol. The van der Waals surface area contributed by atoms with Crippen molar-refractivity contribution < 1.29 is 18.0 Å². The van der Waals surface area contributed by atoms with Crippen molar-refractivity contribution in [3.63, 3.8) is 0 Å². The molecule has 2 bridgehead atoms. The molecule has 1 amide bonds. The molecular weight excluding hydrogens is 650 g/mol. The lowest BCUT2D eigenvalue weighted by molar-refractivity contribution is -0.172. The summed E-state index contributed by atoms with van der Waals surface area (Å²) in [5, 5.41) is 18.5. The summed E-state index contributed by atoms with van der Waals surface area (Å²) in [6.45, 7) is 7.56. The Labute approximate surface area is 288 Å². The first-order valence-corrected chi connectivity index (χ1v) is 18.1. The summed E-state index contributed by atoms with van der Waals surface area (Å²) in [5.41, 5.74) is 10.3. The lowest BCUT2D eigenvalue weighted by Crippen LogP contribution is -2.76. The van der Waals surface area contributed by atoms with Gasteiger partial charge in [0.1, 0.15) is 28.7 Å². The van der Waals surface area contributed by atoms with Crippen LogP contribution in [0, 0.1) is 23.7 Å². The number of aryl methyl sites for hydroxylation is 1. The number of rotatable bonds is 12. The number of hydrogen-bond acceptors (Lipinski definition) is 8. The van der Waals surface area contributed by atoms with Crippen LogP contribution in [0.3, 0.4) is 0 Å². The van der Waals surface area contributed by atoms with Gasteiger partial charge in [0.2, 0.25) is 5.91 Å². The summed E-state index contributed by atoms with van der Waals surface area (Å²) in [6, 6.07) is 10.1. The summed E-state index contributed by atoms with van der Waals surface area (Å²) in [6.07, 6.45) is 3.42. The first-order chi connectivity index (χ1) is 23.4. The number of thiophene rings is 1. The number of nitrogens with zero attached hydrogens (tertiary/aromatic N) is 5. The van der Waals surface area contributed by atoms with Gasteiger partial charge in [0.15, 0.2) is 0 Å². The van der Waals surface area contributed by atoms with Crippen molar-refractivity contribution in [2.45, 2.75) is 109 Å². The minimum Gasteiger partial charge on any atom is -0.367 e. The zero-order valence-corrected chi connectivity index (χ0v) is 28.8. The lowest BCUT2D eigenvalue weighted by atomic mass is 9.39. The van der Waals surface area contributed by atoms with Crippen LogP contribution in [0.4, 0.5) is 19.0 Å². The highest BCUT2D eigenvalue weighted by Gasteiger charge is 2.68. The van der Waals surface area contributed by atoms with Gasteiger partial charge >= 0.3 is 6.18 Å². The van der Waals surface area contributed by atoms with E-state index in [-0.39, 0.29) is 27.8 Å². The van der Waals surface area contributed by atoms with Gasteiger partial charge in [0, 0.05) is 53.5 Å². The standard InChI is InChI=1S/C36H43F3N8OS/c1-3-4-5-29(41)32(48)45-35-17-34(18-35,19-35)20-47-25(15-40)12-27-22(2)23(6-7-30(27)47)16-46-10-8-24(9-11-46)44-31-28-13-26(14-36(37,38)39)49-33(28)43-21-42-31/h6-7,12-13,21,24,29H,3-5,8-11,14,16-20,41H2,1-2H3,(H,45,48)(H,42,43,44). The molecule has 1 saturated heterocycles. The fourth-order valence-corrected chi connectivity index (χ4v) is 9.50. The number of anilines is 1. The van der Waals surface area contributed by atoms with Crippen molar-refractivity contribution in [1.29, 1.82) is 5.26 Å². The number of fused-ring (bicyclic) bond motifs is 2. The van der Waals surface area contributed by atoms with Crippen molar-refractivity contribution in [1.82, 2.24) is 24.8 Å². The number of alkyl halides is 3. The fourth-order valence-electron chi connectivity index (χ4n) is 8.47. The van der Waals surface area contributed by atoms with E-state index in [4.69, 9.17) is 5.73 Å². The predicted octanol–water partition coefficient (Wildman–Crippen LogP) is 6.56. The molecule has 1 aliphatic heterocycles. The Morgan fingerprint density at radius 3 is 2.63 bits per heavy atom. The Morgan fingerprint density at radius 1 is 1.18 bits per heavy atom. The van der Waals surface area contributed by atoms with Gasteiger partial charge in [0.25, 0.3) is 0 Å². The summed E-state index contributed by atoms with van der Waals surface area (Å²) in [5.74, 6) is 0.555. The minimum atomic E-state index is -4.26. The summed E-state index contributed by atoms with van der Waals surface area (Å²) in [7, 11) is 0. The first kappa shape index (κ1) is 33.8.